The van der Waals surface area contributed by atoms with Gasteiger partial charge in [0, 0.05) is 11.3 Å². The van der Waals surface area contributed by atoms with Crippen LogP contribution in [0.1, 0.15) is 29.9 Å². The molecule has 2 saturated carbocycles. The minimum absolute atomic E-state index is 0.347. The van der Waals surface area contributed by atoms with Crippen molar-refractivity contribution in [1.82, 2.24) is 0 Å². The second-order valence-electron chi connectivity index (χ2n) is 5.93. The van der Waals surface area contributed by atoms with E-state index in [1.807, 2.05) is 0 Å². The number of benzene rings is 2. The van der Waals surface area contributed by atoms with Crippen LogP contribution in [0.4, 0.5) is 0 Å². The Balaban J connectivity index is 1.81. The van der Waals surface area contributed by atoms with Crippen LogP contribution in [0, 0.1) is 5.92 Å². The largest absolute Gasteiger partial charge is 0.0995 e. The van der Waals surface area contributed by atoms with Crippen molar-refractivity contribution in [3.8, 4) is 0 Å². The fourth-order valence-corrected chi connectivity index (χ4v) is 4.28. The van der Waals surface area contributed by atoms with E-state index >= 15 is 0 Å². The van der Waals surface area contributed by atoms with E-state index in [0.29, 0.717) is 17.3 Å². The van der Waals surface area contributed by atoms with Crippen LogP contribution in [0.25, 0.3) is 0 Å². The monoisotopic (exact) mass is 246 g/mol. The number of fused-ring (bicyclic) bond motifs is 1. The third-order valence-electron chi connectivity index (χ3n) is 5.10. The van der Waals surface area contributed by atoms with Gasteiger partial charge in [-0.2, -0.15) is 0 Å². The lowest BCUT2D eigenvalue weighted by molar-refractivity contribution is 0.632. The van der Waals surface area contributed by atoms with E-state index < -0.39 is 0 Å². The molecule has 0 N–H and O–H groups in total. The Hall–Kier alpha value is -1.82. The summed E-state index contributed by atoms with van der Waals surface area (Å²) in [6.45, 7) is 4.32. The highest BCUT2D eigenvalue weighted by atomic mass is 14.7. The lowest BCUT2D eigenvalue weighted by atomic mass is 9.88. The lowest BCUT2D eigenvalue weighted by Gasteiger charge is -2.15. The molecule has 0 saturated heterocycles. The smallest absolute Gasteiger partial charge is 0.0102 e. The van der Waals surface area contributed by atoms with Crippen LogP contribution in [0.15, 0.2) is 72.8 Å². The van der Waals surface area contributed by atoms with Gasteiger partial charge in [0.25, 0.3) is 0 Å². The number of hydrogen-bond acceptors (Lipinski definition) is 0. The van der Waals surface area contributed by atoms with Crippen LogP contribution in [-0.2, 0) is 5.41 Å². The van der Waals surface area contributed by atoms with Gasteiger partial charge in [0.05, 0.1) is 0 Å². The molecule has 94 valence electrons. The van der Waals surface area contributed by atoms with Crippen molar-refractivity contribution in [3.63, 3.8) is 0 Å². The molecule has 4 rings (SSSR count). The first-order valence-electron chi connectivity index (χ1n) is 7.12. The molecule has 3 atom stereocenters. The van der Waals surface area contributed by atoms with E-state index in [9.17, 15) is 0 Å². The van der Waals surface area contributed by atoms with Crippen LogP contribution in [-0.4, -0.2) is 0 Å². The van der Waals surface area contributed by atoms with Gasteiger partial charge in [0.2, 0.25) is 0 Å². The summed E-state index contributed by atoms with van der Waals surface area (Å²) >= 11 is 0. The number of hydrogen-bond donors (Lipinski definition) is 0. The van der Waals surface area contributed by atoms with E-state index in [2.05, 4.69) is 67.2 Å². The molecule has 0 radical (unpaired) electrons. The minimum atomic E-state index is 0.347. The maximum Gasteiger partial charge on any atom is 0.0102 e. The van der Waals surface area contributed by atoms with Crippen molar-refractivity contribution >= 4 is 0 Å². The molecule has 2 aromatic rings. The summed E-state index contributed by atoms with van der Waals surface area (Å²) in [5.41, 5.74) is 4.79. The fraction of sp³-hybridized carbons (Fsp3) is 0.263. The molecule has 0 aromatic heterocycles. The summed E-state index contributed by atoms with van der Waals surface area (Å²) in [7, 11) is 0. The van der Waals surface area contributed by atoms with Crippen molar-refractivity contribution < 1.29 is 0 Å². The highest BCUT2D eigenvalue weighted by Gasteiger charge is 2.68. The van der Waals surface area contributed by atoms with E-state index in [-0.39, 0.29) is 0 Å². The maximum absolute atomic E-state index is 4.32. The molecule has 0 amide bonds. The molecule has 0 aliphatic heterocycles. The highest BCUT2D eigenvalue weighted by molar-refractivity contribution is 5.53. The van der Waals surface area contributed by atoms with Crippen LogP contribution >= 0.6 is 0 Å². The third kappa shape index (κ3) is 1.40. The lowest BCUT2D eigenvalue weighted by Crippen LogP contribution is -2.08. The van der Waals surface area contributed by atoms with Gasteiger partial charge in [-0.3, -0.25) is 0 Å². The van der Waals surface area contributed by atoms with E-state index in [1.165, 1.54) is 29.5 Å². The number of rotatable bonds is 2. The van der Waals surface area contributed by atoms with Crippen LogP contribution < -0.4 is 0 Å². The molecule has 2 fully saturated rings. The molecule has 0 heteroatoms. The zero-order chi connectivity index (χ0) is 12.9. The van der Waals surface area contributed by atoms with Crippen molar-refractivity contribution in [2.75, 3.05) is 0 Å². The first-order valence-corrected chi connectivity index (χ1v) is 7.12. The molecule has 0 heterocycles. The predicted octanol–water partition coefficient (Wildman–Crippen LogP) is 4.69. The average Bonchev–Trinajstić information content (AvgIpc) is 3.06. The average molecular weight is 246 g/mol. The van der Waals surface area contributed by atoms with Gasteiger partial charge in [-0.05, 0) is 29.9 Å². The van der Waals surface area contributed by atoms with Crippen molar-refractivity contribution in [3.05, 3.63) is 83.9 Å². The Kier molecular flexibility index (Phi) is 2.23. The van der Waals surface area contributed by atoms with E-state index in [1.54, 1.807) is 0 Å². The molecule has 2 aromatic carbocycles. The fourth-order valence-electron chi connectivity index (χ4n) is 4.28. The topological polar surface area (TPSA) is 0 Å². The summed E-state index contributed by atoms with van der Waals surface area (Å²) in [6.07, 6.45) is 2.46. The molecular weight excluding hydrogens is 228 g/mol. The van der Waals surface area contributed by atoms with E-state index in [0.717, 1.165) is 0 Å². The first-order chi connectivity index (χ1) is 9.34. The Morgan fingerprint density at radius 1 is 0.842 bits per heavy atom. The summed E-state index contributed by atoms with van der Waals surface area (Å²) in [5, 5.41) is 0. The van der Waals surface area contributed by atoms with Crippen molar-refractivity contribution in [1.29, 1.82) is 0 Å². The van der Waals surface area contributed by atoms with Crippen LogP contribution in [0.3, 0.4) is 0 Å². The van der Waals surface area contributed by atoms with Crippen molar-refractivity contribution in [2.24, 2.45) is 5.92 Å². The molecule has 0 spiro atoms. The van der Waals surface area contributed by atoms with Gasteiger partial charge in [-0.1, -0.05) is 72.8 Å². The zero-order valence-corrected chi connectivity index (χ0v) is 11.0. The molecular formula is C19H18. The Bertz CT molecular complexity index is 611. The van der Waals surface area contributed by atoms with Gasteiger partial charge < -0.3 is 0 Å². The molecule has 2 aliphatic rings. The highest BCUT2D eigenvalue weighted by Crippen LogP contribution is 2.74. The second kappa shape index (κ2) is 3.84. The van der Waals surface area contributed by atoms with Crippen molar-refractivity contribution in [2.45, 2.75) is 24.2 Å². The molecule has 2 aliphatic carbocycles. The van der Waals surface area contributed by atoms with Gasteiger partial charge in [0.1, 0.15) is 0 Å². The Morgan fingerprint density at radius 2 is 1.47 bits per heavy atom. The quantitative estimate of drug-likeness (QED) is 0.674. The van der Waals surface area contributed by atoms with Gasteiger partial charge in [-0.25, -0.2) is 0 Å². The van der Waals surface area contributed by atoms with Crippen LogP contribution in [0.2, 0.25) is 0 Å². The van der Waals surface area contributed by atoms with E-state index in [4.69, 9.17) is 0 Å². The third-order valence-corrected chi connectivity index (χ3v) is 5.10. The summed E-state index contributed by atoms with van der Waals surface area (Å²) in [6, 6.07) is 22.0. The minimum Gasteiger partial charge on any atom is -0.0995 e. The van der Waals surface area contributed by atoms with Crippen LogP contribution in [0.5, 0.6) is 0 Å². The van der Waals surface area contributed by atoms with Gasteiger partial charge in [-0.15, -0.1) is 0 Å². The molecule has 19 heavy (non-hydrogen) atoms. The second-order valence-corrected chi connectivity index (χ2v) is 5.93. The summed E-state index contributed by atoms with van der Waals surface area (Å²) in [5.74, 6) is 1.31. The SMILES string of the molecule is C=C1CCC2(c3ccccc3)C1C2c1ccccc1. The zero-order valence-electron chi connectivity index (χ0n) is 11.0. The summed E-state index contributed by atoms with van der Waals surface area (Å²) < 4.78 is 0. The van der Waals surface area contributed by atoms with Gasteiger partial charge in [0.15, 0.2) is 0 Å². The standard InChI is InChI=1S/C19H18/c1-14-12-13-19(16-10-6-3-7-11-16)17(14)18(19)15-8-4-2-5-9-15/h2-11,17-18H,1,12-13H2. The maximum atomic E-state index is 4.32. The molecule has 3 unspecified atom stereocenters. The Labute approximate surface area is 114 Å². The molecule has 0 nitrogen and oxygen atoms in total. The first kappa shape index (κ1) is 11.0. The number of allylic oxidation sites excluding steroid dienone is 1. The predicted molar refractivity (Wildman–Crippen MR) is 79.2 cm³/mol. The van der Waals surface area contributed by atoms with Gasteiger partial charge >= 0.3 is 0 Å². The summed E-state index contributed by atoms with van der Waals surface area (Å²) in [4.78, 5) is 0. The normalized spacial score (nSPS) is 32.1. The molecule has 0 bridgehead atoms. The Morgan fingerprint density at radius 3 is 2.16 bits per heavy atom.